The molecule has 0 aliphatic rings. The van der Waals surface area contributed by atoms with E-state index in [0.717, 1.165) is 10.9 Å². The number of carbonyl (C=O) groups excluding carboxylic acids is 1. The van der Waals surface area contributed by atoms with Crippen molar-refractivity contribution in [1.29, 1.82) is 0 Å². The van der Waals surface area contributed by atoms with Gasteiger partial charge in [-0.2, -0.15) is 0 Å². The third-order valence-corrected chi connectivity index (χ3v) is 11.8. The SMILES string of the molecule is COc1ccc(OC(=O)c2cc3ccc(OC)cc3o2)c(C[P+](c2ccccc2)(c2ccccc2)c2ccccc2)c1. The van der Waals surface area contributed by atoms with Crippen molar-refractivity contribution in [3.63, 3.8) is 0 Å². The van der Waals surface area contributed by atoms with E-state index in [1.54, 1.807) is 32.4 Å². The number of benzene rings is 5. The highest BCUT2D eigenvalue weighted by atomic mass is 31.2. The summed E-state index contributed by atoms with van der Waals surface area (Å²) in [5.74, 6) is 1.35. The number of hydrogen-bond acceptors (Lipinski definition) is 5. The Morgan fingerprint density at radius 1 is 0.643 bits per heavy atom. The summed E-state index contributed by atoms with van der Waals surface area (Å²) >= 11 is 0. The number of methoxy groups -OCH3 is 2. The lowest BCUT2D eigenvalue weighted by molar-refractivity contribution is 0.0702. The monoisotopic (exact) mass is 573 g/mol. The molecule has 6 aromatic rings. The topological polar surface area (TPSA) is 57.9 Å². The Balaban J connectivity index is 1.47. The van der Waals surface area contributed by atoms with E-state index in [-0.39, 0.29) is 5.76 Å². The lowest BCUT2D eigenvalue weighted by atomic mass is 10.2. The molecule has 0 N–H and O–H groups in total. The molecule has 0 spiro atoms. The third-order valence-electron chi connectivity index (χ3n) is 7.40. The first-order valence-corrected chi connectivity index (χ1v) is 15.6. The maximum Gasteiger partial charge on any atom is 0.379 e. The summed E-state index contributed by atoms with van der Waals surface area (Å²) in [6.07, 6.45) is 0.613. The van der Waals surface area contributed by atoms with Crippen LogP contribution in [0.2, 0.25) is 0 Å². The molecule has 0 saturated heterocycles. The highest BCUT2D eigenvalue weighted by molar-refractivity contribution is 7.95. The molecule has 0 fully saturated rings. The van der Waals surface area contributed by atoms with Gasteiger partial charge in [0.15, 0.2) is 0 Å². The number of ether oxygens (including phenoxy) is 3. The second-order valence-electron chi connectivity index (χ2n) is 9.85. The minimum Gasteiger partial charge on any atom is -0.497 e. The van der Waals surface area contributed by atoms with Gasteiger partial charge < -0.3 is 18.6 Å². The maximum atomic E-state index is 13.5. The molecule has 5 nitrogen and oxygen atoms in total. The van der Waals surface area contributed by atoms with Gasteiger partial charge in [-0.25, -0.2) is 4.79 Å². The number of esters is 1. The number of carbonyl (C=O) groups is 1. The number of hydrogen-bond donors (Lipinski definition) is 0. The molecule has 0 aliphatic carbocycles. The second kappa shape index (κ2) is 11.9. The average Bonchev–Trinajstić information content (AvgIpc) is 3.49. The molecule has 0 radical (unpaired) electrons. The molecule has 208 valence electrons. The van der Waals surface area contributed by atoms with Crippen molar-refractivity contribution < 1.29 is 23.4 Å². The smallest absolute Gasteiger partial charge is 0.379 e. The van der Waals surface area contributed by atoms with E-state index >= 15 is 0 Å². The van der Waals surface area contributed by atoms with E-state index in [0.29, 0.717) is 29.0 Å². The Labute approximate surface area is 245 Å². The lowest BCUT2D eigenvalue weighted by Crippen LogP contribution is -2.32. The van der Waals surface area contributed by atoms with Crippen molar-refractivity contribution >= 4 is 40.1 Å². The van der Waals surface area contributed by atoms with Gasteiger partial charge in [-0.15, -0.1) is 0 Å². The van der Waals surface area contributed by atoms with E-state index in [1.165, 1.54) is 15.9 Å². The molecule has 1 aromatic heterocycles. The van der Waals surface area contributed by atoms with Gasteiger partial charge in [0.25, 0.3) is 0 Å². The van der Waals surface area contributed by atoms with Crippen molar-refractivity contribution in [3.8, 4) is 17.2 Å². The molecular formula is C36H30O5P+. The fourth-order valence-corrected chi connectivity index (χ4v) is 9.56. The van der Waals surface area contributed by atoms with Crippen molar-refractivity contribution in [2.24, 2.45) is 0 Å². The molecular weight excluding hydrogens is 543 g/mol. The van der Waals surface area contributed by atoms with Crippen LogP contribution in [-0.4, -0.2) is 20.2 Å². The highest BCUT2D eigenvalue weighted by Crippen LogP contribution is 2.59. The predicted molar refractivity (Wildman–Crippen MR) is 170 cm³/mol. The number of rotatable bonds is 9. The van der Waals surface area contributed by atoms with Gasteiger partial charge in [-0.1, -0.05) is 54.6 Å². The molecule has 0 aliphatic heterocycles. The van der Waals surface area contributed by atoms with Crippen LogP contribution in [0.5, 0.6) is 17.2 Å². The Morgan fingerprint density at radius 2 is 1.17 bits per heavy atom. The van der Waals surface area contributed by atoms with Crippen LogP contribution >= 0.6 is 7.26 Å². The van der Waals surface area contributed by atoms with Crippen LogP contribution in [0.1, 0.15) is 16.1 Å². The lowest BCUT2D eigenvalue weighted by Gasteiger charge is -2.28. The summed E-state index contributed by atoms with van der Waals surface area (Å²) in [6.45, 7) is 0. The van der Waals surface area contributed by atoms with Crippen LogP contribution in [0.15, 0.2) is 138 Å². The van der Waals surface area contributed by atoms with Crippen LogP contribution in [0, 0.1) is 0 Å². The van der Waals surface area contributed by atoms with Crippen LogP contribution in [0.4, 0.5) is 0 Å². The first kappa shape index (κ1) is 27.3. The molecule has 0 saturated carbocycles. The largest absolute Gasteiger partial charge is 0.497 e. The number of fused-ring (bicyclic) bond motifs is 1. The highest BCUT2D eigenvalue weighted by Gasteiger charge is 2.46. The van der Waals surface area contributed by atoms with Crippen LogP contribution in [0.3, 0.4) is 0 Å². The third kappa shape index (κ3) is 5.27. The zero-order chi connectivity index (χ0) is 28.9. The first-order valence-electron chi connectivity index (χ1n) is 13.6. The molecule has 0 unspecified atom stereocenters. The van der Waals surface area contributed by atoms with E-state index < -0.39 is 13.2 Å². The quantitative estimate of drug-likeness (QED) is 0.104. The molecule has 5 aromatic carbocycles. The standard InChI is InChI=1S/C36H30O5P/c1-38-28-20-21-33(41-36(37)35-23-26-18-19-29(39-2)24-34(26)40-35)27(22-28)25-42(30-12-6-3-7-13-30,31-14-8-4-9-15-31)32-16-10-5-11-17-32/h3-24H,25H2,1-2H3/q+1. The van der Waals surface area contributed by atoms with Crippen LogP contribution in [-0.2, 0) is 6.16 Å². The summed E-state index contributed by atoms with van der Waals surface area (Å²) < 4.78 is 22.9. The predicted octanol–water partition coefficient (Wildman–Crippen LogP) is 7.16. The van der Waals surface area contributed by atoms with E-state index in [4.69, 9.17) is 18.6 Å². The molecule has 6 rings (SSSR count). The van der Waals surface area contributed by atoms with Gasteiger partial charge in [0.1, 0.15) is 52.2 Å². The van der Waals surface area contributed by atoms with Crippen molar-refractivity contribution in [3.05, 3.63) is 145 Å². The van der Waals surface area contributed by atoms with Gasteiger partial charge in [0, 0.05) is 17.0 Å². The zero-order valence-electron chi connectivity index (χ0n) is 23.4. The van der Waals surface area contributed by atoms with Gasteiger partial charge in [0.2, 0.25) is 5.76 Å². The summed E-state index contributed by atoms with van der Waals surface area (Å²) in [5.41, 5.74) is 1.42. The molecule has 6 heteroatoms. The molecule has 42 heavy (non-hydrogen) atoms. The van der Waals surface area contributed by atoms with Crippen molar-refractivity contribution in [2.45, 2.75) is 6.16 Å². The van der Waals surface area contributed by atoms with Gasteiger partial charge in [-0.3, -0.25) is 0 Å². The van der Waals surface area contributed by atoms with Crippen molar-refractivity contribution in [1.82, 2.24) is 0 Å². The Morgan fingerprint density at radius 3 is 1.71 bits per heavy atom. The molecule has 0 bridgehead atoms. The second-order valence-corrected chi connectivity index (χ2v) is 13.3. The average molecular weight is 574 g/mol. The summed E-state index contributed by atoms with van der Waals surface area (Å²) in [7, 11) is 0.967. The summed E-state index contributed by atoms with van der Waals surface area (Å²) in [5, 5.41) is 4.48. The summed E-state index contributed by atoms with van der Waals surface area (Å²) in [6, 6.07) is 44.5. The summed E-state index contributed by atoms with van der Waals surface area (Å²) in [4.78, 5) is 13.5. The fourth-order valence-electron chi connectivity index (χ4n) is 5.32. The van der Waals surface area contributed by atoms with E-state index in [9.17, 15) is 4.79 Å². The normalized spacial score (nSPS) is 11.3. The van der Waals surface area contributed by atoms with Gasteiger partial charge in [-0.05, 0) is 72.8 Å². The minimum absolute atomic E-state index is 0.121. The van der Waals surface area contributed by atoms with Gasteiger partial charge in [0.05, 0.1) is 14.2 Å². The number of furan rings is 1. The Hall–Kier alpha value is -4.86. The Kier molecular flexibility index (Phi) is 7.76. The minimum atomic E-state index is -2.26. The fraction of sp³-hybridized carbons (Fsp3) is 0.0833. The maximum absolute atomic E-state index is 13.5. The molecule has 0 atom stereocenters. The Bertz CT molecular complexity index is 1720. The first-order chi connectivity index (χ1) is 20.6. The van der Waals surface area contributed by atoms with E-state index in [2.05, 4.69) is 72.8 Å². The van der Waals surface area contributed by atoms with E-state index in [1.807, 2.05) is 42.5 Å². The van der Waals surface area contributed by atoms with Crippen LogP contribution < -0.4 is 30.1 Å². The molecule has 1 heterocycles. The zero-order valence-corrected chi connectivity index (χ0v) is 24.3. The molecule has 0 amide bonds. The van der Waals surface area contributed by atoms with Crippen molar-refractivity contribution in [2.75, 3.05) is 14.2 Å². The van der Waals surface area contributed by atoms with Crippen LogP contribution in [0.25, 0.3) is 11.0 Å². The van der Waals surface area contributed by atoms with Gasteiger partial charge >= 0.3 is 5.97 Å².